The molecule has 0 aliphatic heterocycles. The van der Waals surface area contributed by atoms with Gasteiger partial charge in [-0.2, -0.15) is 0 Å². The van der Waals surface area contributed by atoms with E-state index in [0.29, 0.717) is 0 Å². The molecule has 0 aromatic heterocycles. The van der Waals surface area contributed by atoms with Crippen LogP contribution in [0.25, 0.3) is 0 Å². The highest BCUT2D eigenvalue weighted by molar-refractivity contribution is 6.67. The summed E-state index contributed by atoms with van der Waals surface area (Å²) in [5.41, 5.74) is 0. The van der Waals surface area contributed by atoms with E-state index in [9.17, 15) is 0 Å². The van der Waals surface area contributed by atoms with Gasteiger partial charge in [-0.3, -0.25) is 0 Å². The van der Waals surface area contributed by atoms with Crippen LogP contribution in [-0.4, -0.2) is 16.8 Å². The zero-order valence-electron chi connectivity index (χ0n) is 7.49. The van der Waals surface area contributed by atoms with E-state index < -0.39 is 4.77 Å². The van der Waals surface area contributed by atoms with E-state index in [1.807, 2.05) is 47.1 Å². The highest BCUT2D eigenvalue weighted by atomic mass is 35.5. The molecule has 1 radical (unpaired) electrons. The molecule has 0 aliphatic carbocycles. The summed E-state index contributed by atoms with van der Waals surface area (Å²) in [6.45, 7) is 7.69. The molecular formula is C8H14BCl2. The minimum atomic E-state index is -0.431. The van der Waals surface area contributed by atoms with Gasteiger partial charge in [-0.15, -0.1) is 23.2 Å². The van der Waals surface area contributed by atoms with Crippen molar-refractivity contribution in [3.05, 3.63) is 12.2 Å². The van der Waals surface area contributed by atoms with E-state index in [1.54, 1.807) is 0 Å². The number of hydrogen-bond donors (Lipinski definition) is 0. The zero-order valence-corrected chi connectivity index (χ0v) is 9.00. The first-order valence-corrected chi connectivity index (χ1v) is 4.41. The molecular weight excluding hydrogens is 178 g/mol. The fraction of sp³-hybridized carbons (Fsp3) is 0.750. The highest BCUT2D eigenvalue weighted by Crippen LogP contribution is 2.23. The maximum Gasteiger partial charge on any atom is 0.170 e. The number of hydrogen-bond acceptors (Lipinski definition) is 0. The quantitative estimate of drug-likeness (QED) is 0.365. The van der Waals surface area contributed by atoms with Crippen molar-refractivity contribution in [2.24, 2.45) is 0 Å². The molecule has 11 heavy (non-hydrogen) atoms. The van der Waals surface area contributed by atoms with Gasteiger partial charge in [-0.25, -0.2) is 0 Å². The summed E-state index contributed by atoms with van der Waals surface area (Å²) in [6, 6.07) is 0. The Morgan fingerprint density at radius 3 is 1.91 bits per heavy atom. The first kappa shape index (κ1) is 11.4. The Morgan fingerprint density at radius 1 is 1.18 bits per heavy atom. The van der Waals surface area contributed by atoms with Gasteiger partial charge < -0.3 is 0 Å². The Labute approximate surface area is 80.2 Å². The summed E-state index contributed by atoms with van der Waals surface area (Å²) in [5, 5.41) is 0. The number of rotatable bonds is 3. The van der Waals surface area contributed by atoms with Gasteiger partial charge in [0.15, 0.2) is 7.28 Å². The summed E-state index contributed by atoms with van der Waals surface area (Å²) < 4.78 is -0.782. The van der Waals surface area contributed by atoms with Crippen molar-refractivity contribution in [2.75, 3.05) is 0 Å². The monoisotopic (exact) mass is 191 g/mol. The normalized spacial score (nSPS) is 18.4. The van der Waals surface area contributed by atoms with Crippen LogP contribution < -0.4 is 0 Å². The number of halogens is 2. The summed E-state index contributed by atoms with van der Waals surface area (Å²) in [6.07, 6.45) is 3.84. The number of alkyl halides is 2. The van der Waals surface area contributed by atoms with E-state index in [0.717, 1.165) is 0 Å². The van der Waals surface area contributed by atoms with Gasteiger partial charge in [0.2, 0.25) is 0 Å². The molecule has 0 heterocycles. The second-order valence-corrected chi connectivity index (χ2v) is 5.15. The highest BCUT2D eigenvalue weighted by Gasteiger charge is 2.28. The molecule has 0 amide bonds. The van der Waals surface area contributed by atoms with Gasteiger partial charge in [-0.1, -0.05) is 32.9 Å². The van der Waals surface area contributed by atoms with Gasteiger partial charge in [0.1, 0.15) is 0 Å². The predicted octanol–water partition coefficient (Wildman–Crippen LogP) is 3.20. The van der Waals surface area contributed by atoms with Crippen LogP contribution in [-0.2, 0) is 0 Å². The first-order valence-electron chi connectivity index (χ1n) is 3.65. The third-order valence-corrected chi connectivity index (χ3v) is 1.46. The van der Waals surface area contributed by atoms with Gasteiger partial charge in [0.25, 0.3) is 0 Å². The molecule has 0 aromatic carbocycles. The molecule has 1 unspecified atom stereocenters. The Balaban J connectivity index is 4.13. The van der Waals surface area contributed by atoms with Crippen molar-refractivity contribution in [1.29, 1.82) is 0 Å². The van der Waals surface area contributed by atoms with Gasteiger partial charge in [-0.05, 0) is 6.92 Å². The van der Waals surface area contributed by atoms with Crippen molar-refractivity contribution >= 4 is 30.5 Å². The van der Waals surface area contributed by atoms with Crippen molar-refractivity contribution in [3.8, 4) is 0 Å². The lowest BCUT2D eigenvalue weighted by Gasteiger charge is -2.24. The second kappa shape index (κ2) is 3.86. The van der Waals surface area contributed by atoms with Crippen LogP contribution in [0.5, 0.6) is 0 Å². The smallest absolute Gasteiger partial charge is 0.130 e. The fourth-order valence-corrected chi connectivity index (χ4v) is 1.73. The standard InChI is InChI=1S/C8H14BCl2/c1-5-6-8(4,11)9-7(2,3)10/h5-6H,1-4H3. The van der Waals surface area contributed by atoms with Crippen LogP contribution in [0.4, 0.5) is 0 Å². The van der Waals surface area contributed by atoms with Crippen LogP contribution in [0, 0.1) is 0 Å². The molecule has 0 aliphatic rings. The summed E-state index contributed by atoms with van der Waals surface area (Å²) in [7, 11) is 1.91. The predicted molar refractivity (Wildman–Crippen MR) is 54.8 cm³/mol. The van der Waals surface area contributed by atoms with Crippen molar-refractivity contribution in [2.45, 2.75) is 37.2 Å². The van der Waals surface area contributed by atoms with Crippen LogP contribution in [0.2, 0.25) is 0 Å². The zero-order chi connectivity index (χ0) is 9.12. The lowest BCUT2D eigenvalue weighted by atomic mass is 9.55. The van der Waals surface area contributed by atoms with E-state index >= 15 is 0 Å². The molecule has 0 aromatic rings. The summed E-state index contributed by atoms with van der Waals surface area (Å²) in [4.78, 5) is 0. The fourth-order valence-electron chi connectivity index (χ4n) is 1.05. The van der Waals surface area contributed by atoms with Crippen molar-refractivity contribution in [3.63, 3.8) is 0 Å². The topological polar surface area (TPSA) is 0 Å². The Hall–Kier alpha value is 0.385. The van der Waals surface area contributed by atoms with Crippen LogP contribution >= 0.6 is 23.2 Å². The SMILES string of the molecule is CC=CC(C)(Cl)[B]C(C)(C)Cl. The number of allylic oxidation sites excluding steroid dienone is 2. The van der Waals surface area contributed by atoms with Crippen LogP contribution in [0.15, 0.2) is 12.2 Å². The lowest BCUT2D eigenvalue weighted by Crippen LogP contribution is -2.36. The van der Waals surface area contributed by atoms with Crippen LogP contribution in [0.1, 0.15) is 27.7 Å². The molecule has 0 fully saturated rings. The third kappa shape index (κ3) is 6.77. The van der Waals surface area contributed by atoms with E-state index in [2.05, 4.69) is 0 Å². The van der Waals surface area contributed by atoms with Gasteiger partial charge >= 0.3 is 0 Å². The molecule has 0 saturated heterocycles. The van der Waals surface area contributed by atoms with E-state index in [4.69, 9.17) is 23.2 Å². The average molecular weight is 192 g/mol. The molecule has 3 heteroatoms. The second-order valence-electron chi connectivity index (χ2n) is 3.36. The molecule has 1 atom stereocenters. The van der Waals surface area contributed by atoms with Crippen molar-refractivity contribution < 1.29 is 0 Å². The Bertz CT molecular complexity index is 145. The van der Waals surface area contributed by atoms with E-state index in [-0.39, 0.29) is 4.77 Å². The average Bonchev–Trinajstić information content (AvgIpc) is 1.55. The lowest BCUT2D eigenvalue weighted by molar-refractivity contribution is 0.926. The molecule has 0 nitrogen and oxygen atoms in total. The molecule has 0 spiro atoms. The summed E-state index contributed by atoms with van der Waals surface area (Å²) >= 11 is 12.1. The molecule has 0 N–H and O–H groups in total. The molecule has 0 saturated carbocycles. The van der Waals surface area contributed by atoms with Crippen molar-refractivity contribution in [1.82, 2.24) is 0 Å². The molecule has 0 bridgehead atoms. The molecule has 63 valence electrons. The first-order chi connectivity index (χ1) is 4.77. The Morgan fingerprint density at radius 2 is 1.64 bits per heavy atom. The largest absolute Gasteiger partial charge is 0.170 e. The minimum Gasteiger partial charge on any atom is -0.130 e. The van der Waals surface area contributed by atoms with Gasteiger partial charge in [0.05, 0.1) is 0 Å². The molecule has 0 rings (SSSR count). The van der Waals surface area contributed by atoms with Gasteiger partial charge in [0, 0.05) is 9.55 Å². The Kier molecular flexibility index (Phi) is 4.00. The van der Waals surface area contributed by atoms with Crippen LogP contribution in [0.3, 0.4) is 0 Å². The maximum absolute atomic E-state index is 6.09. The summed E-state index contributed by atoms with van der Waals surface area (Å²) in [5.74, 6) is 0. The third-order valence-electron chi connectivity index (χ3n) is 1.12. The van der Waals surface area contributed by atoms with E-state index in [1.165, 1.54) is 0 Å². The maximum atomic E-state index is 6.09. The minimum absolute atomic E-state index is 0.351.